The number of β-amino-alcohol motifs (C(OH)–C–C–N with tert-alkyl or cyclic N) is 1. The van der Waals surface area contributed by atoms with Gasteiger partial charge in [0.2, 0.25) is 0 Å². The minimum atomic E-state index is -0.406. The molecule has 3 heteroatoms. The SMILES string of the molecule is CCc1ccc(C(O)CN2CCCOC(C)C2)cc1. The lowest BCUT2D eigenvalue weighted by Crippen LogP contribution is -2.33. The summed E-state index contributed by atoms with van der Waals surface area (Å²) in [6.07, 6.45) is 1.94. The molecule has 0 spiro atoms. The highest BCUT2D eigenvalue weighted by Gasteiger charge is 2.18. The molecule has 0 aliphatic carbocycles. The molecule has 1 aromatic carbocycles. The molecule has 2 atom stereocenters. The fourth-order valence-electron chi connectivity index (χ4n) is 2.57. The first kappa shape index (κ1) is 14.5. The number of hydrogen-bond donors (Lipinski definition) is 1. The van der Waals surface area contributed by atoms with Crippen molar-refractivity contribution in [1.29, 1.82) is 0 Å². The van der Waals surface area contributed by atoms with Gasteiger partial charge in [-0.05, 0) is 30.9 Å². The summed E-state index contributed by atoms with van der Waals surface area (Å²) >= 11 is 0. The van der Waals surface area contributed by atoms with E-state index < -0.39 is 6.10 Å². The molecule has 1 heterocycles. The maximum atomic E-state index is 10.3. The van der Waals surface area contributed by atoms with Crippen LogP contribution in [0.4, 0.5) is 0 Å². The van der Waals surface area contributed by atoms with Gasteiger partial charge in [0.15, 0.2) is 0 Å². The lowest BCUT2D eigenvalue weighted by molar-refractivity contribution is 0.0562. The van der Waals surface area contributed by atoms with Crippen molar-refractivity contribution in [3.8, 4) is 0 Å². The average molecular weight is 263 g/mol. The number of ether oxygens (including phenoxy) is 1. The van der Waals surface area contributed by atoms with Gasteiger partial charge in [-0.15, -0.1) is 0 Å². The Bertz CT molecular complexity index is 377. The molecule has 1 aliphatic rings. The van der Waals surface area contributed by atoms with E-state index in [9.17, 15) is 5.11 Å². The van der Waals surface area contributed by atoms with Gasteiger partial charge in [0.25, 0.3) is 0 Å². The maximum Gasteiger partial charge on any atom is 0.0916 e. The molecule has 3 nitrogen and oxygen atoms in total. The molecule has 1 aromatic rings. The van der Waals surface area contributed by atoms with E-state index in [1.54, 1.807) is 0 Å². The second-order valence-corrected chi connectivity index (χ2v) is 5.41. The van der Waals surface area contributed by atoms with E-state index in [-0.39, 0.29) is 6.10 Å². The standard InChI is InChI=1S/C16H25NO2/c1-3-14-5-7-15(8-6-14)16(18)12-17-9-4-10-19-13(2)11-17/h5-8,13,16,18H,3-4,9-12H2,1-2H3. The first-order chi connectivity index (χ1) is 9.19. The minimum Gasteiger partial charge on any atom is -0.387 e. The molecule has 2 unspecified atom stereocenters. The molecule has 0 aromatic heterocycles. The van der Waals surface area contributed by atoms with Crippen LogP contribution in [-0.4, -0.2) is 42.4 Å². The Balaban J connectivity index is 1.93. The third kappa shape index (κ3) is 4.30. The summed E-state index contributed by atoms with van der Waals surface area (Å²) in [5.41, 5.74) is 2.32. The topological polar surface area (TPSA) is 32.7 Å². The fourth-order valence-corrected chi connectivity index (χ4v) is 2.57. The Morgan fingerprint density at radius 3 is 2.79 bits per heavy atom. The molecule has 19 heavy (non-hydrogen) atoms. The molecule has 2 rings (SSSR count). The van der Waals surface area contributed by atoms with Crippen molar-refractivity contribution in [2.75, 3.05) is 26.2 Å². The second-order valence-electron chi connectivity index (χ2n) is 5.41. The maximum absolute atomic E-state index is 10.3. The molecular weight excluding hydrogens is 238 g/mol. The molecule has 1 saturated heterocycles. The minimum absolute atomic E-state index is 0.261. The molecule has 0 bridgehead atoms. The van der Waals surface area contributed by atoms with E-state index in [0.717, 1.165) is 38.1 Å². The molecule has 0 radical (unpaired) electrons. The zero-order valence-corrected chi connectivity index (χ0v) is 12.0. The normalized spacial score (nSPS) is 23.0. The molecule has 0 saturated carbocycles. The third-order valence-electron chi connectivity index (χ3n) is 3.74. The Labute approximate surface area is 116 Å². The van der Waals surface area contributed by atoms with Crippen LogP contribution in [0.1, 0.15) is 37.5 Å². The molecule has 1 fully saturated rings. The van der Waals surface area contributed by atoms with E-state index in [0.29, 0.717) is 6.54 Å². The average Bonchev–Trinajstić information content (AvgIpc) is 2.63. The van der Waals surface area contributed by atoms with Crippen LogP contribution in [0, 0.1) is 0 Å². The van der Waals surface area contributed by atoms with Crippen molar-refractivity contribution in [2.45, 2.75) is 38.9 Å². The first-order valence-electron chi connectivity index (χ1n) is 7.30. The summed E-state index contributed by atoms with van der Waals surface area (Å²) in [5, 5.41) is 10.3. The van der Waals surface area contributed by atoms with Gasteiger partial charge in [-0.1, -0.05) is 31.2 Å². The van der Waals surface area contributed by atoms with Crippen LogP contribution < -0.4 is 0 Å². The number of hydrogen-bond acceptors (Lipinski definition) is 3. The number of benzene rings is 1. The summed E-state index contributed by atoms with van der Waals surface area (Å²) < 4.78 is 5.63. The zero-order chi connectivity index (χ0) is 13.7. The van der Waals surface area contributed by atoms with Gasteiger partial charge in [-0.2, -0.15) is 0 Å². The number of aliphatic hydroxyl groups excluding tert-OH is 1. The molecule has 1 aliphatic heterocycles. The van der Waals surface area contributed by atoms with Crippen LogP contribution in [-0.2, 0) is 11.2 Å². The summed E-state index contributed by atoms with van der Waals surface area (Å²) in [6.45, 7) is 7.68. The van der Waals surface area contributed by atoms with Crippen LogP contribution in [0.3, 0.4) is 0 Å². The Hall–Kier alpha value is -0.900. The van der Waals surface area contributed by atoms with Crippen molar-refractivity contribution in [3.05, 3.63) is 35.4 Å². The Morgan fingerprint density at radius 1 is 1.37 bits per heavy atom. The molecule has 1 N–H and O–H groups in total. The van der Waals surface area contributed by atoms with E-state index in [4.69, 9.17) is 4.74 Å². The largest absolute Gasteiger partial charge is 0.387 e. The van der Waals surface area contributed by atoms with Crippen LogP contribution >= 0.6 is 0 Å². The quantitative estimate of drug-likeness (QED) is 0.905. The van der Waals surface area contributed by atoms with Crippen LogP contribution in [0.25, 0.3) is 0 Å². The van der Waals surface area contributed by atoms with Gasteiger partial charge in [-0.25, -0.2) is 0 Å². The first-order valence-corrected chi connectivity index (χ1v) is 7.30. The predicted molar refractivity (Wildman–Crippen MR) is 77.3 cm³/mol. The molecule has 106 valence electrons. The Morgan fingerprint density at radius 2 is 2.11 bits per heavy atom. The summed E-state index contributed by atoms with van der Waals surface area (Å²) in [4.78, 5) is 2.30. The summed E-state index contributed by atoms with van der Waals surface area (Å²) in [7, 11) is 0. The van der Waals surface area contributed by atoms with Crippen LogP contribution in [0.5, 0.6) is 0 Å². The van der Waals surface area contributed by atoms with E-state index in [1.165, 1.54) is 5.56 Å². The van der Waals surface area contributed by atoms with E-state index in [1.807, 2.05) is 12.1 Å². The fraction of sp³-hybridized carbons (Fsp3) is 0.625. The highest BCUT2D eigenvalue weighted by atomic mass is 16.5. The van der Waals surface area contributed by atoms with Gasteiger partial charge in [-0.3, -0.25) is 4.90 Å². The van der Waals surface area contributed by atoms with Gasteiger partial charge < -0.3 is 9.84 Å². The zero-order valence-electron chi connectivity index (χ0n) is 12.0. The van der Waals surface area contributed by atoms with Gasteiger partial charge >= 0.3 is 0 Å². The molecule has 0 amide bonds. The van der Waals surface area contributed by atoms with Crippen molar-refractivity contribution >= 4 is 0 Å². The second kappa shape index (κ2) is 7.04. The van der Waals surface area contributed by atoms with Gasteiger partial charge in [0, 0.05) is 26.2 Å². The lowest BCUT2D eigenvalue weighted by Gasteiger charge is -2.24. The number of nitrogens with zero attached hydrogens (tertiary/aromatic N) is 1. The van der Waals surface area contributed by atoms with Gasteiger partial charge in [0.1, 0.15) is 0 Å². The lowest BCUT2D eigenvalue weighted by atomic mass is 10.1. The third-order valence-corrected chi connectivity index (χ3v) is 3.74. The number of aliphatic hydroxyl groups is 1. The van der Waals surface area contributed by atoms with E-state index in [2.05, 4.69) is 30.9 Å². The molecular formula is C16H25NO2. The van der Waals surface area contributed by atoms with Crippen LogP contribution in [0.15, 0.2) is 24.3 Å². The highest BCUT2D eigenvalue weighted by Crippen LogP contribution is 2.17. The monoisotopic (exact) mass is 263 g/mol. The number of aryl methyl sites for hydroxylation is 1. The van der Waals surface area contributed by atoms with Gasteiger partial charge in [0.05, 0.1) is 12.2 Å². The Kier molecular flexibility index (Phi) is 5.37. The highest BCUT2D eigenvalue weighted by molar-refractivity contribution is 5.24. The van der Waals surface area contributed by atoms with Crippen molar-refractivity contribution in [2.24, 2.45) is 0 Å². The van der Waals surface area contributed by atoms with Crippen molar-refractivity contribution in [1.82, 2.24) is 4.90 Å². The predicted octanol–water partition coefficient (Wildman–Crippen LogP) is 2.39. The van der Waals surface area contributed by atoms with Crippen molar-refractivity contribution < 1.29 is 9.84 Å². The summed E-state index contributed by atoms with van der Waals surface area (Å²) in [6, 6.07) is 8.29. The van der Waals surface area contributed by atoms with E-state index >= 15 is 0 Å². The summed E-state index contributed by atoms with van der Waals surface area (Å²) in [5.74, 6) is 0. The van der Waals surface area contributed by atoms with Crippen molar-refractivity contribution in [3.63, 3.8) is 0 Å². The number of rotatable bonds is 4. The smallest absolute Gasteiger partial charge is 0.0916 e. The van der Waals surface area contributed by atoms with Crippen LogP contribution in [0.2, 0.25) is 0 Å².